The third kappa shape index (κ3) is 2.09. The summed E-state index contributed by atoms with van der Waals surface area (Å²) in [6.45, 7) is 7.62. The van der Waals surface area contributed by atoms with Gasteiger partial charge in [0, 0.05) is 23.5 Å². The standard InChI is InChI=1S/C12H21N3S/c1-4-15(8(2)3)12-14-11-9(13)6-5-7-10(11)16-12/h8-9H,4-7,13H2,1-3H3. The van der Waals surface area contributed by atoms with Crippen molar-refractivity contribution in [1.29, 1.82) is 0 Å². The van der Waals surface area contributed by atoms with Gasteiger partial charge in [0.15, 0.2) is 5.13 Å². The van der Waals surface area contributed by atoms with Crippen LogP contribution < -0.4 is 10.6 Å². The first-order valence-electron chi connectivity index (χ1n) is 6.15. The van der Waals surface area contributed by atoms with E-state index in [-0.39, 0.29) is 6.04 Å². The van der Waals surface area contributed by atoms with Gasteiger partial charge in [0.2, 0.25) is 0 Å². The van der Waals surface area contributed by atoms with Gasteiger partial charge in [-0.1, -0.05) is 0 Å². The zero-order valence-corrected chi connectivity index (χ0v) is 11.2. The highest BCUT2D eigenvalue weighted by Crippen LogP contribution is 2.36. The number of hydrogen-bond acceptors (Lipinski definition) is 4. The summed E-state index contributed by atoms with van der Waals surface area (Å²) < 4.78 is 0. The normalized spacial score (nSPS) is 19.9. The molecule has 2 rings (SSSR count). The van der Waals surface area contributed by atoms with E-state index in [4.69, 9.17) is 10.7 Å². The summed E-state index contributed by atoms with van der Waals surface area (Å²) in [5, 5.41) is 1.15. The molecule has 1 aliphatic carbocycles. The molecule has 3 nitrogen and oxygen atoms in total. The van der Waals surface area contributed by atoms with Crippen molar-refractivity contribution in [3.8, 4) is 0 Å². The summed E-state index contributed by atoms with van der Waals surface area (Å²) in [6, 6.07) is 0.674. The van der Waals surface area contributed by atoms with E-state index in [1.807, 2.05) is 11.3 Å². The lowest BCUT2D eigenvalue weighted by molar-refractivity contribution is 0.562. The largest absolute Gasteiger partial charge is 0.346 e. The number of nitrogens with two attached hydrogens (primary N) is 1. The molecule has 90 valence electrons. The minimum atomic E-state index is 0.166. The van der Waals surface area contributed by atoms with Gasteiger partial charge in [-0.3, -0.25) is 0 Å². The Labute approximate surface area is 102 Å². The Hall–Kier alpha value is -0.610. The molecule has 0 aromatic carbocycles. The van der Waals surface area contributed by atoms with E-state index in [1.54, 1.807) is 0 Å². The smallest absolute Gasteiger partial charge is 0.186 e. The molecule has 1 heterocycles. The van der Waals surface area contributed by atoms with Crippen molar-refractivity contribution < 1.29 is 0 Å². The van der Waals surface area contributed by atoms with Gasteiger partial charge < -0.3 is 10.6 Å². The minimum Gasteiger partial charge on any atom is -0.346 e. The fraction of sp³-hybridized carbons (Fsp3) is 0.750. The molecule has 0 fully saturated rings. The van der Waals surface area contributed by atoms with Gasteiger partial charge in [0.25, 0.3) is 0 Å². The SMILES string of the molecule is CCN(c1nc2c(s1)CCCC2N)C(C)C. The van der Waals surface area contributed by atoms with E-state index in [0.717, 1.165) is 30.2 Å². The Morgan fingerprint density at radius 1 is 1.56 bits per heavy atom. The Balaban J connectivity index is 2.29. The highest BCUT2D eigenvalue weighted by molar-refractivity contribution is 7.15. The quantitative estimate of drug-likeness (QED) is 0.882. The number of rotatable bonds is 3. The number of hydrogen-bond donors (Lipinski definition) is 1. The molecule has 1 aromatic heterocycles. The van der Waals surface area contributed by atoms with Crippen LogP contribution in [0, 0.1) is 0 Å². The lowest BCUT2D eigenvalue weighted by atomic mass is 9.99. The maximum atomic E-state index is 6.10. The first kappa shape index (κ1) is 11.9. The fourth-order valence-corrected chi connectivity index (χ4v) is 3.65. The second-order valence-electron chi connectivity index (χ2n) is 4.68. The van der Waals surface area contributed by atoms with Crippen molar-refractivity contribution in [3.05, 3.63) is 10.6 Å². The molecule has 0 saturated heterocycles. The van der Waals surface area contributed by atoms with Crippen molar-refractivity contribution in [3.63, 3.8) is 0 Å². The maximum Gasteiger partial charge on any atom is 0.186 e. The predicted octanol–water partition coefficient (Wildman–Crippen LogP) is 2.71. The Morgan fingerprint density at radius 2 is 2.31 bits per heavy atom. The van der Waals surface area contributed by atoms with Gasteiger partial charge in [-0.2, -0.15) is 0 Å². The zero-order valence-electron chi connectivity index (χ0n) is 10.4. The molecular formula is C12H21N3S. The van der Waals surface area contributed by atoms with Crippen molar-refractivity contribution in [2.45, 2.75) is 52.1 Å². The van der Waals surface area contributed by atoms with Crippen molar-refractivity contribution in [1.82, 2.24) is 4.98 Å². The first-order chi connectivity index (χ1) is 7.63. The maximum absolute atomic E-state index is 6.10. The fourth-order valence-electron chi connectivity index (χ4n) is 2.28. The topological polar surface area (TPSA) is 42.2 Å². The van der Waals surface area contributed by atoms with Gasteiger partial charge >= 0.3 is 0 Å². The van der Waals surface area contributed by atoms with Crippen LogP contribution in [0.25, 0.3) is 0 Å². The average molecular weight is 239 g/mol. The van der Waals surface area contributed by atoms with Crippen LogP contribution in [0.3, 0.4) is 0 Å². The lowest BCUT2D eigenvalue weighted by Crippen LogP contribution is -2.30. The van der Waals surface area contributed by atoms with E-state index in [0.29, 0.717) is 6.04 Å². The molecular weight excluding hydrogens is 218 g/mol. The number of anilines is 1. The van der Waals surface area contributed by atoms with Crippen LogP contribution in [-0.2, 0) is 6.42 Å². The lowest BCUT2D eigenvalue weighted by Gasteiger charge is -2.24. The summed E-state index contributed by atoms with van der Waals surface area (Å²) >= 11 is 1.83. The molecule has 4 heteroatoms. The van der Waals surface area contributed by atoms with E-state index >= 15 is 0 Å². The number of aryl methyl sites for hydroxylation is 1. The molecule has 0 saturated carbocycles. The van der Waals surface area contributed by atoms with Gasteiger partial charge in [0.05, 0.1) is 5.69 Å². The molecule has 0 bridgehead atoms. The van der Waals surface area contributed by atoms with E-state index in [2.05, 4.69) is 25.7 Å². The monoisotopic (exact) mass is 239 g/mol. The van der Waals surface area contributed by atoms with Crippen LogP contribution >= 0.6 is 11.3 Å². The second-order valence-corrected chi connectivity index (χ2v) is 5.75. The molecule has 0 amide bonds. The molecule has 1 aromatic rings. The predicted molar refractivity (Wildman–Crippen MR) is 70.1 cm³/mol. The molecule has 16 heavy (non-hydrogen) atoms. The number of nitrogens with zero attached hydrogens (tertiary/aromatic N) is 2. The molecule has 1 unspecified atom stereocenters. The highest BCUT2D eigenvalue weighted by Gasteiger charge is 2.24. The average Bonchev–Trinajstić information content (AvgIpc) is 2.63. The number of fused-ring (bicyclic) bond motifs is 1. The second kappa shape index (κ2) is 4.72. The Bertz CT molecular complexity index is 359. The van der Waals surface area contributed by atoms with Crippen LogP contribution in [0.4, 0.5) is 5.13 Å². The van der Waals surface area contributed by atoms with E-state index in [1.165, 1.54) is 11.3 Å². The summed E-state index contributed by atoms with van der Waals surface area (Å²) in [6.07, 6.45) is 3.46. The van der Waals surface area contributed by atoms with E-state index < -0.39 is 0 Å². The third-order valence-electron chi connectivity index (χ3n) is 3.20. The molecule has 0 aliphatic heterocycles. The van der Waals surface area contributed by atoms with Gasteiger partial charge in [-0.15, -0.1) is 11.3 Å². The zero-order chi connectivity index (χ0) is 11.7. The summed E-state index contributed by atoms with van der Waals surface area (Å²) in [5.74, 6) is 0. The number of thiazole rings is 1. The summed E-state index contributed by atoms with van der Waals surface area (Å²) in [5.41, 5.74) is 7.26. The number of aromatic nitrogens is 1. The van der Waals surface area contributed by atoms with Crippen LogP contribution in [0.15, 0.2) is 0 Å². The minimum absolute atomic E-state index is 0.166. The Morgan fingerprint density at radius 3 is 2.88 bits per heavy atom. The third-order valence-corrected chi connectivity index (χ3v) is 4.36. The molecule has 1 aliphatic rings. The van der Waals surface area contributed by atoms with Gasteiger partial charge in [-0.25, -0.2) is 4.98 Å². The first-order valence-corrected chi connectivity index (χ1v) is 6.97. The highest BCUT2D eigenvalue weighted by atomic mass is 32.1. The molecule has 1 atom stereocenters. The van der Waals surface area contributed by atoms with Gasteiger partial charge in [-0.05, 0) is 40.0 Å². The van der Waals surface area contributed by atoms with Crippen LogP contribution in [-0.4, -0.2) is 17.6 Å². The molecule has 0 spiro atoms. The van der Waals surface area contributed by atoms with Crippen LogP contribution in [0.2, 0.25) is 0 Å². The summed E-state index contributed by atoms with van der Waals surface area (Å²) in [4.78, 5) is 8.50. The summed E-state index contributed by atoms with van der Waals surface area (Å²) in [7, 11) is 0. The Kier molecular flexibility index (Phi) is 3.50. The van der Waals surface area contributed by atoms with Crippen molar-refractivity contribution >= 4 is 16.5 Å². The van der Waals surface area contributed by atoms with E-state index in [9.17, 15) is 0 Å². The molecule has 2 N–H and O–H groups in total. The van der Waals surface area contributed by atoms with Gasteiger partial charge in [0.1, 0.15) is 0 Å². The van der Waals surface area contributed by atoms with Crippen LogP contribution in [0.1, 0.15) is 50.2 Å². The molecule has 0 radical (unpaired) electrons. The van der Waals surface area contributed by atoms with Crippen LogP contribution in [0.5, 0.6) is 0 Å². The van der Waals surface area contributed by atoms with Crippen molar-refractivity contribution in [2.75, 3.05) is 11.4 Å². The van der Waals surface area contributed by atoms with Crippen molar-refractivity contribution in [2.24, 2.45) is 5.73 Å².